The predicted octanol–water partition coefficient (Wildman–Crippen LogP) is 4.98. The molecule has 0 atom stereocenters. The van der Waals surface area contributed by atoms with Gasteiger partial charge in [-0.15, -0.1) is 0 Å². The van der Waals surface area contributed by atoms with E-state index in [1.807, 2.05) is 24.4 Å². The lowest BCUT2D eigenvalue weighted by molar-refractivity contribution is 0.312. The Hall–Kier alpha value is -2.38. The minimum absolute atomic E-state index is 0.569. The van der Waals surface area contributed by atoms with Crippen molar-refractivity contribution in [3.8, 4) is 11.5 Å². The molecule has 2 aliphatic rings. The van der Waals surface area contributed by atoms with E-state index in [2.05, 4.69) is 39.3 Å². The molecule has 1 N–H and O–H groups in total. The number of pyridine rings is 1. The summed E-state index contributed by atoms with van der Waals surface area (Å²) in [7, 11) is 2.16. The molecule has 30 heavy (non-hydrogen) atoms. The van der Waals surface area contributed by atoms with Gasteiger partial charge in [-0.1, -0.05) is 30.6 Å². The Morgan fingerprint density at radius 2 is 1.80 bits per heavy atom. The summed E-state index contributed by atoms with van der Waals surface area (Å²) in [6.45, 7) is 4.12. The van der Waals surface area contributed by atoms with Crippen LogP contribution in [0.15, 0.2) is 36.5 Å². The summed E-state index contributed by atoms with van der Waals surface area (Å²) in [5.41, 5.74) is 1.03. The van der Waals surface area contributed by atoms with Gasteiger partial charge in [0, 0.05) is 50.6 Å². The van der Waals surface area contributed by atoms with Crippen molar-refractivity contribution < 1.29 is 4.74 Å². The number of aromatic nitrogens is 2. The number of ether oxygens (including phenoxy) is 1. The van der Waals surface area contributed by atoms with Crippen molar-refractivity contribution in [2.75, 3.05) is 43.4 Å². The Labute approximate surface area is 181 Å². The molecule has 0 bridgehead atoms. The Morgan fingerprint density at radius 1 is 1.00 bits per heavy atom. The number of rotatable bonds is 5. The highest BCUT2D eigenvalue weighted by Gasteiger charge is 2.17. The number of benzene rings is 1. The number of nitrogens with zero attached hydrogens (tertiary/aromatic N) is 4. The van der Waals surface area contributed by atoms with Gasteiger partial charge in [-0.05, 0) is 38.1 Å². The van der Waals surface area contributed by atoms with Crippen LogP contribution in [0.4, 0.5) is 10.9 Å². The van der Waals surface area contributed by atoms with Gasteiger partial charge in [0.25, 0.3) is 0 Å². The number of likely N-dealkylation sites (N-methyl/N-ethyl adjacent to an activating group) is 1. The molecular formula is C23H29N5OS. The average molecular weight is 424 g/mol. The maximum Gasteiger partial charge on any atom is 0.184 e. The van der Waals surface area contributed by atoms with Crippen LogP contribution in [0.5, 0.6) is 11.5 Å². The fraction of sp³-hybridized carbons (Fsp3) is 0.478. The van der Waals surface area contributed by atoms with Crippen molar-refractivity contribution >= 4 is 32.5 Å². The first-order chi connectivity index (χ1) is 14.7. The Kier molecular flexibility index (Phi) is 5.73. The Balaban J connectivity index is 1.28. The molecule has 1 saturated heterocycles. The van der Waals surface area contributed by atoms with Gasteiger partial charge in [0.2, 0.25) is 0 Å². The topological polar surface area (TPSA) is 53.5 Å². The molecular weight excluding hydrogens is 394 g/mol. The zero-order chi connectivity index (χ0) is 20.3. The highest BCUT2D eigenvalue weighted by atomic mass is 32.1. The molecule has 5 rings (SSSR count). The number of fused-ring (bicyclic) bond motifs is 1. The fourth-order valence-electron chi connectivity index (χ4n) is 4.26. The molecule has 1 aliphatic carbocycles. The van der Waals surface area contributed by atoms with E-state index in [1.54, 1.807) is 11.3 Å². The number of thiazole rings is 1. The summed E-state index contributed by atoms with van der Waals surface area (Å²) >= 11 is 1.71. The molecule has 7 heteroatoms. The maximum atomic E-state index is 6.18. The molecule has 2 aromatic heterocycles. The first-order valence-electron chi connectivity index (χ1n) is 11.0. The molecule has 2 fully saturated rings. The summed E-state index contributed by atoms with van der Waals surface area (Å²) in [4.78, 5) is 14.0. The third-order valence-electron chi connectivity index (χ3n) is 6.07. The fourth-order valence-corrected chi connectivity index (χ4v) is 5.23. The van der Waals surface area contributed by atoms with E-state index in [4.69, 9.17) is 9.72 Å². The highest BCUT2D eigenvalue weighted by Crippen LogP contribution is 2.33. The molecule has 1 saturated carbocycles. The smallest absolute Gasteiger partial charge is 0.184 e. The average Bonchev–Trinajstić information content (AvgIpc) is 3.17. The minimum Gasteiger partial charge on any atom is -0.457 e. The van der Waals surface area contributed by atoms with Gasteiger partial charge in [0.15, 0.2) is 5.13 Å². The van der Waals surface area contributed by atoms with Gasteiger partial charge in [-0.2, -0.15) is 0 Å². The van der Waals surface area contributed by atoms with Crippen molar-refractivity contribution in [1.29, 1.82) is 0 Å². The molecule has 158 valence electrons. The van der Waals surface area contributed by atoms with Crippen molar-refractivity contribution in [3.05, 3.63) is 36.5 Å². The summed E-state index contributed by atoms with van der Waals surface area (Å²) < 4.78 is 7.33. The maximum absolute atomic E-state index is 6.18. The highest BCUT2D eigenvalue weighted by molar-refractivity contribution is 7.22. The van der Waals surface area contributed by atoms with Gasteiger partial charge < -0.3 is 19.9 Å². The standard InChI is InChI=1S/C23H29N5OS/c1-27-11-13-28(14-12-27)22-16-19(9-10-24-22)29-18-7-8-20-21(15-18)30-23(26-20)25-17-5-3-2-4-6-17/h7-10,15-17H,2-6,11-14H2,1H3,(H,25,26). The van der Waals surface area contributed by atoms with Crippen molar-refractivity contribution in [2.24, 2.45) is 0 Å². The number of nitrogens with one attached hydrogen (secondary N) is 1. The van der Waals surface area contributed by atoms with Gasteiger partial charge in [-0.25, -0.2) is 9.97 Å². The number of hydrogen-bond donors (Lipinski definition) is 1. The molecule has 0 spiro atoms. The van der Waals surface area contributed by atoms with E-state index in [0.29, 0.717) is 6.04 Å². The molecule has 3 aromatic rings. The molecule has 6 nitrogen and oxygen atoms in total. The van der Waals surface area contributed by atoms with Crippen LogP contribution in [0.1, 0.15) is 32.1 Å². The van der Waals surface area contributed by atoms with E-state index in [0.717, 1.165) is 58.8 Å². The predicted molar refractivity (Wildman–Crippen MR) is 124 cm³/mol. The summed E-state index contributed by atoms with van der Waals surface area (Å²) in [5.74, 6) is 2.65. The largest absolute Gasteiger partial charge is 0.457 e. The third kappa shape index (κ3) is 4.52. The van der Waals surface area contributed by atoms with E-state index < -0.39 is 0 Å². The van der Waals surface area contributed by atoms with Gasteiger partial charge in [-0.3, -0.25) is 0 Å². The van der Waals surface area contributed by atoms with Crippen LogP contribution in [-0.4, -0.2) is 54.1 Å². The van der Waals surface area contributed by atoms with Gasteiger partial charge in [0.1, 0.15) is 17.3 Å². The van der Waals surface area contributed by atoms with Crippen molar-refractivity contribution in [2.45, 2.75) is 38.1 Å². The SMILES string of the molecule is CN1CCN(c2cc(Oc3ccc4nc(NC5CCCCC5)sc4c3)ccn2)CC1. The zero-order valence-corrected chi connectivity index (χ0v) is 18.3. The lowest BCUT2D eigenvalue weighted by Crippen LogP contribution is -2.44. The van der Waals surface area contributed by atoms with E-state index >= 15 is 0 Å². The molecule has 1 aromatic carbocycles. The first kappa shape index (κ1) is 19.6. The monoisotopic (exact) mass is 423 g/mol. The zero-order valence-electron chi connectivity index (χ0n) is 17.5. The van der Waals surface area contributed by atoms with Crippen molar-refractivity contribution in [1.82, 2.24) is 14.9 Å². The van der Waals surface area contributed by atoms with Crippen LogP contribution >= 0.6 is 11.3 Å². The van der Waals surface area contributed by atoms with Crippen LogP contribution in [0, 0.1) is 0 Å². The van der Waals surface area contributed by atoms with E-state index in [-0.39, 0.29) is 0 Å². The van der Waals surface area contributed by atoms with Crippen LogP contribution in [-0.2, 0) is 0 Å². The van der Waals surface area contributed by atoms with Crippen molar-refractivity contribution in [3.63, 3.8) is 0 Å². The lowest BCUT2D eigenvalue weighted by Gasteiger charge is -2.33. The molecule has 0 amide bonds. The normalized spacial score (nSPS) is 18.6. The number of anilines is 2. The van der Waals surface area contributed by atoms with Crippen LogP contribution in [0.25, 0.3) is 10.2 Å². The van der Waals surface area contributed by atoms with Crippen LogP contribution in [0.2, 0.25) is 0 Å². The lowest BCUT2D eigenvalue weighted by atomic mass is 9.96. The summed E-state index contributed by atoms with van der Waals surface area (Å²) in [6, 6.07) is 10.7. The Bertz CT molecular complexity index is 992. The molecule has 0 radical (unpaired) electrons. The third-order valence-corrected chi connectivity index (χ3v) is 7.02. The second-order valence-corrected chi connectivity index (χ2v) is 9.40. The van der Waals surface area contributed by atoms with Crippen LogP contribution in [0.3, 0.4) is 0 Å². The molecule has 0 unspecified atom stereocenters. The molecule has 1 aliphatic heterocycles. The first-order valence-corrected chi connectivity index (χ1v) is 11.8. The second-order valence-electron chi connectivity index (χ2n) is 8.37. The quantitative estimate of drug-likeness (QED) is 0.625. The summed E-state index contributed by atoms with van der Waals surface area (Å²) in [5, 5.41) is 4.66. The Morgan fingerprint density at radius 3 is 2.63 bits per heavy atom. The van der Waals surface area contributed by atoms with Crippen LogP contribution < -0.4 is 15.0 Å². The minimum atomic E-state index is 0.569. The van der Waals surface area contributed by atoms with Gasteiger partial charge in [0.05, 0.1) is 10.2 Å². The number of piperazine rings is 1. The van der Waals surface area contributed by atoms with Gasteiger partial charge >= 0.3 is 0 Å². The summed E-state index contributed by atoms with van der Waals surface area (Å²) in [6.07, 6.45) is 8.35. The number of hydrogen-bond acceptors (Lipinski definition) is 7. The molecule has 3 heterocycles. The second kappa shape index (κ2) is 8.78. The van der Waals surface area contributed by atoms with E-state index in [1.165, 1.54) is 32.1 Å². The van der Waals surface area contributed by atoms with E-state index in [9.17, 15) is 0 Å².